The Morgan fingerprint density at radius 2 is 2.24 bits per heavy atom. The Labute approximate surface area is 125 Å². The predicted molar refractivity (Wildman–Crippen MR) is 80.8 cm³/mol. The van der Waals surface area contributed by atoms with Crippen LogP contribution in [0.4, 0.5) is 5.82 Å². The van der Waals surface area contributed by atoms with Gasteiger partial charge in [-0.2, -0.15) is 0 Å². The number of nitrogens with one attached hydrogen (secondary N) is 1. The van der Waals surface area contributed by atoms with Crippen LogP contribution in [0.15, 0.2) is 12.4 Å². The number of carbonyl (C=O) groups is 1. The maximum absolute atomic E-state index is 11.7. The summed E-state index contributed by atoms with van der Waals surface area (Å²) >= 11 is 0. The number of nitrogens with zero attached hydrogens (tertiary/aromatic N) is 3. The van der Waals surface area contributed by atoms with Crippen molar-refractivity contribution in [2.75, 3.05) is 32.1 Å². The van der Waals surface area contributed by atoms with Crippen molar-refractivity contribution in [3.05, 3.63) is 18.1 Å². The Balaban J connectivity index is 1.89. The normalized spacial score (nSPS) is 22.2. The highest BCUT2D eigenvalue weighted by molar-refractivity contribution is 5.73. The van der Waals surface area contributed by atoms with Crippen LogP contribution in [0.1, 0.15) is 26.0 Å². The number of aromatic nitrogens is 2. The van der Waals surface area contributed by atoms with Gasteiger partial charge >= 0.3 is 5.97 Å². The smallest absolute Gasteiger partial charge is 0.310 e. The number of anilines is 1. The van der Waals surface area contributed by atoms with Gasteiger partial charge in [-0.15, -0.1) is 0 Å². The minimum atomic E-state index is -0.116. The Bertz CT molecular complexity index is 463. The van der Waals surface area contributed by atoms with Gasteiger partial charge in [-0.05, 0) is 12.3 Å². The van der Waals surface area contributed by atoms with Crippen molar-refractivity contribution in [3.63, 3.8) is 0 Å². The molecule has 2 atom stereocenters. The van der Waals surface area contributed by atoms with E-state index < -0.39 is 0 Å². The van der Waals surface area contributed by atoms with Gasteiger partial charge in [0.15, 0.2) is 0 Å². The zero-order chi connectivity index (χ0) is 15.2. The van der Waals surface area contributed by atoms with Gasteiger partial charge in [0.05, 0.1) is 31.1 Å². The molecule has 1 N–H and O–H groups in total. The molecule has 0 radical (unpaired) electrons. The first-order valence-corrected chi connectivity index (χ1v) is 7.49. The molecule has 1 aliphatic heterocycles. The molecule has 116 valence electrons. The van der Waals surface area contributed by atoms with E-state index in [1.165, 1.54) is 7.11 Å². The van der Waals surface area contributed by atoms with Crippen molar-refractivity contribution in [1.82, 2.24) is 14.9 Å². The highest BCUT2D eigenvalue weighted by Gasteiger charge is 2.35. The minimum Gasteiger partial charge on any atom is -0.469 e. The Kier molecular flexibility index (Phi) is 5.50. The fourth-order valence-corrected chi connectivity index (χ4v) is 2.66. The van der Waals surface area contributed by atoms with Crippen molar-refractivity contribution < 1.29 is 9.53 Å². The van der Waals surface area contributed by atoms with E-state index in [-0.39, 0.29) is 11.9 Å². The summed E-state index contributed by atoms with van der Waals surface area (Å²) in [4.78, 5) is 22.7. The fourth-order valence-electron chi connectivity index (χ4n) is 2.66. The van der Waals surface area contributed by atoms with Crippen LogP contribution in [-0.4, -0.2) is 47.6 Å². The van der Waals surface area contributed by atoms with E-state index >= 15 is 0 Å². The second kappa shape index (κ2) is 7.36. The summed E-state index contributed by atoms with van der Waals surface area (Å²) in [5, 5.41) is 3.20. The minimum absolute atomic E-state index is 0.0338. The number of rotatable bonds is 6. The summed E-state index contributed by atoms with van der Waals surface area (Å²) in [6.07, 6.45) is 4.63. The molecule has 2 heterocycles. The maximum Gasteiger partial charge on any atom is 0.310 e. The highest BCUT2D eigenvalue weighted by Crippen LogP contribution is 2.25. The molecular formula is C15H24N4O2. The number of carbonyl (C=O) groups excluding carboxylic acids is 1. The molecule has 21 heavy (non-hydrogen) atoms. The first-order chi connectivity index (χ1) is 10.1. The lowest BCUT2D eigenvalue weighted by atomic mass is 9.99. The van der Waals surface area contributed by atoms with Gasteiger partial charge in [0.1, 0.15) is 5.82 Å². The van der Waals surface area contributed by atoms with Gasteiger partial charge < -0.3 is 10.1 Å². The summed E-state index contributed by atoms with van der Waals surface area (Å²) in [5.74, 6) is 0.974. The van der Waals surface area contributed by atoms with Crippen molar-refractivity contribution in [2.24, 2.45) is 11.8 Å². The van der Waals surface area contributed by atoms with Gasteiger partial charge in [-0.25, -0.2) is 4.98 Å². The Hall–Kier alpha value is -1.69. The van der Waals surface area contributed by atoms with Gasteiger partial charge in [0.25, 0.3) is 0 Å². The van der Waals surface area contributed by atoms with Crippen LogP contribution in [0.25, 0.3) is 0 Å². The molecule has 0 saturated carbocycles. The lowest BCUT2D eigenvalue weighted by molar-refractivity contribution is -0.146. The second-order valence-electron chi connectivity index (χ2n) is 5.62. The molecule has 0 spiro atoms. The molecule has 1 fully saturated rings. The monoisotopic (exact) mass is 292 g/mol. The van der Waals surface area contributed by atoms with Crippen molar-refractivity contribution in [3.8, 4) is 0 Å². The summed E-state index contributed by atoms with van der Waals surface area (Å²) in [6, 6.07) is 0. The first kappa shape index (κ1) is 15.7. The molecule has 2 unspecified atom stereocenters. The van der Waals surface area contributed by atoms with Crippen LogP contribution < -0.4 is 5.32 Å². The summed E-state index contributed by atoms with van der Waals surface area (Å²) < 4.78 is 4.85. The molecule has 2 rings (SSSR count). The van der Waals surface area contributed by atoms with Crippen molar-refractivity contribution in [1.29, 1.82) is 0 Å². The second-order valence-corrected chi connectivity index (χ2v) is 5.62. The number of ether oxygens (including phenoxy) is 1. The van der Waals surface area contributed by atoms with Crippen molar-refractivity contribution >= 4 is 11.8 Å². The standard InChI is InChI=1S/C15H24N4O2/c1-4-5-16-14-7-17-12(6-18-14)9-19-8-11(2)13(10-19)15(20)21-3/h6-7,11,13H,4-5,8-10H2,1-3H3,(H,16,18). The van der Waals surface area contributed by atoms with Crippen molar-refractivity contribution in [2.45, 2.75) is 26.8 Å². The molecule has 0 aromatic carbocycles. The van der Waals surface area contributed by atoms with E-state index in [1.807, 2.05) is 0 Å². The van der Waals surface area contributed by atoms with Crippen LogP contribution in [0.5, 0.6) is 0 Å². The van der Waals surface area contributed by atoms with Gasteiger partial charge in [-0.1, -0.05) is 13.8 Å². The molecule has 6 nitrogen and oxygen atoms in total. The van der Waals surface area contributed by atoms with Gasteiger partial charge in [-0.3, -0.25) is 14.7 Å². The zero-order valence-electron chi connectivity index (χ0n) is 13.0. The average molecular weight is 292 g/mol. The molecule has 0 bridgehead atoms. The number of hydrogen-bond donors (Lipinski definition) is 1. The molecule has 6 heteroatoms. The molecular weight excluding hydrogens is 268 g/mol. The topological polar surface area (TPSA) is 67.4 Å². The summed E-state index contributed by atoms with van der Waals surface area (Å²) in [5.41, 5.74) is 0.926. The third-order valence-corrected chi connectivity index (χ3v) is 3.84. The molecule has 1 saturated heterocycles. The van der Waals surface area contributed by atoms with Crippen LogP contribution in [-0.2, 0) is 16.1 Å². The predicted octanol–water partition coefficient (Wildman–Crippen LogP) is 1.54. The van der Waals surface area contributed by atoms with Crippen LogP contribution in [0.3, 0.4) is 0 Å². The number of likely N-dealkylation sites (tertiary alicyclic amines) is 1. The van der Waals surface area contributed by atoms with E-state index in [9.17, 15) is 4.79 Å². The molecule has 0 amide bonds. The van der Waals surface area contributed by atoms with Crippen LogP contribution in [0.2, 0.25) is 0 Å². The van der Waals surface area contributed by atoms with Crippen LogP contribution >= 0.6 is 0 Å². The molecule has 0 aliphatic carbocycles. The maximum atomic E-state index is 11.7. The van der Waals surface area contributed by atoms with E-state index in [0.29, 0.717) is 5.92 Å². The molecule has 1 aromatic rings. The largest absolute Gasteiger partial charge is 0.469 e. The fraction of sp³-hybridized carbons (Fsp3) is 0.667. The van der Waals surface area contributed by atoms with Gasteiger partial charge in [0.2, 0.25) is 0 Å². The number of hydrogen-bond acceptors (Lipinski definition) is 6. The Morgan fingerprint density at radius 1 is 1.43 bits per heavy atom. The highest BCUT2D eigenvalue weighted by atomic mass is 16.5. The lowest BCUT2D eigenvalue weighted by Gasteiger charge is -2.14. The van der Waals surface area contributed by atoms with E-state index in [2.05, 4.69) is 34.0 Å². The summed E-state index contributed by atoms with van der Waals surface area (Å²) in [7, 11) is 1.45. The van der Waals surface area contributed by atoms with Crippen LogP contribution in [0, 0.1) is 11.8 Å². The summed E-state index contributed by atoms with van der Waals surface area (Å²) in [6.45, 7) is 7.44. The average Bonchev–Trinajstić information content (AvgIpc) is 2.86. The SMILES string of the molecule is CCCNc1cnc(CN2CC(C)C(C(=O)OC)C2)cn1. The quantitative estimate of drug-likeness (QED) is 0.802. The number of methoxy groups -OCH3 is 1. The Morgan fingerprint density at radius 3 is 2.86 bits per heavy atom. The lowest BCUT2D eigenvalue weighted by Crippen LogP contribution is -2.24. The van der Waals surface area contributed by atoms with E-state index in [0.717, 1.165) is 44.1 Å². The third kappa shape index (κ3) is 4.14. The number of esters is 1. The van der Waals surface area contributed by atoms with E-state index in [4.69, 9.17) is 4.74 Å². The molecule has 1 aromatic heterocycles. The zero-order valence-corrected chi connectivity index (χ0v) is 13.0. The third-order valence-electron chi connectivity index (χ3n) is 3.84. The molecule has 1 aliphatic rings. The van der Waals surface area contributed by atoms with Gasteiger partial charge in [0, 0.05) is 26.2 Å². The first-order valence-electron chi connectivity index (χ1n) is 7.49. The van der Waals surface area contributed by atoms with E-state index in [1.54, 1.807) is 12.4 Å².